The van der Waals surface area contributed by atoms with E-state index in [1.807, 2.05) is 0 Å². The topological polar surface area (TPSA) is 79.5 Å². The van der Waals surface area contributed by atoms with Crippen LogP contribution in [0.4, 0.5) is 33.3 Å². The first-order valence-corrected chi connectivity index (χ1v) is 12.9. The summed E-state index contributed by atoms with van der Waals surface area (Å²) in [6, 6.07) is 11.5. The Kier molecular flexibility index (Phi) is 7.43. The number of hydrogen-bond donors (Lipinski definition) is 1. The van der Waals surface area contributed by atoms with Crippen LogP contribution in [0.15, 0.2) is 54.7 Å². The van der Waals surface area contributed by atoms with Crippen molar-refractivity contribution in [2.24, 2.45) is 0 Å². The van der Waals surface area contributed by atoms with E-state index in [-0.39, 0.29) is 18.7 Å². The molecule has 0 aliphatic carbocycles. The number of nitrogens with two attached hydrogens (primary N) is 1. The number of anilines is 2. The summed E-state index contributed by atoms with van der Waals surface area (Å²) in [5.41, 5.74) is 2.81. The van der Waals surface area contributed by atoms with E-state index in [0.717, 1.165) is 11.8 Å². The van der Waals surface area contributed by atoms with Crippen molar-refractivity contribution >= 4 is 21.4 Å². The van der Waals surface area contributed by atoms with Crippen LogP contribution < -0.4 is 10.6 Å². The van der Waals surface area contributed by atoms with E-state index >= 15 is 0 Å². The number of halogens is 5. The summed E-state index contributed by atoms with van der Waals surface area (Å²) in [6.45, 7) is 0.831. The Morgan fingerprint density at radius 3 is 2.46 bits per heavy atom. The van der Waals surface area contributed by atoms with Crippen molar-refractivity contribution in [3.05, 3.63) is 88.7 Å². The van der Waals surface area contributed by atoms with Crippen LogP contribution in [0.5, 0.6) is 0 Å². The van der Waals surface area contributed by atoms with Gasteiger partial charge in [-0.3, -0.25) is 4.98 Å². The van der Waals surface area contributed by atoms with Gasteiger partial charge in [0.05, 0.1) is 24.1 Å². The number of nitrogens with zero attached hydrogens (tertiary/aromatic N) is 3. The van der Waals surface area contributed by atoms with Crippen molar-refractivity contribution in [2.75, 3.05) is 17.2 Å². The minimum atomic E-state index is -5.64. The summed E-state index contributed by atoms with van der Waals surface area (Å²) in [5.74, 6) is -1.13. The second kappa shape index (κ2) is 10.3. The number of aromatic nitrogens is 1. The number of fused-ring (bicyclic) bond motifs is 1. The summed E-state index contributed by atoms with van der Waals surface area (Å²) < 4.78 is 93.6. The fourth-order valence-corrected chi connectivity index (χ4v) is 5.43. The molecular formula is C25H25F5N4O2S. The SMILES string of the molecule is Cc1cccc2c1CN(S(=O)(=O)C(F)(F)F)C[C@@H](CCc1ccc(F)cc1)N2Cc1cc(N)c(F)cn1. The molecule has 198 valence electrons. The standard InChI is InChI=1S/C25H25F5N4O2S/c1-16-3-2-4-24-21(16)15-33(37(35,36)25(28,29)30)14-20(10-7-17-5-8-18(26)9-6-17)34(24)13-19-11-23(31)22(27)12-32-19/h2-6,8-9,11-12,20H,7,10,13-15H2,1H3,(H2,31,32)/t20-/m1/s1. The van der Waals surface area contributed by atoms with Crippen LogP contribution in [0, 0.1) is 18.6 Å². The Morgan fingerprint density at radius 1 is 1.11 bits per heavy atom. The molecule has 0 saturated heterocycles. The number of aryl methyl sites for hydroxylation is 2. The lowest BCUT2D eigenvalue weighted by molar-refractivity contribution is -0.0492. The van der Waals surface area contributed by atoms with Crippen LogP contribution >= 0.6 is 0 Å². The molecule has 3 aromatic rings. The predicted molar refractivity (Wildman–Crippen MR) is 130 cm³/mol. The summed E-state index contributed by atoms with van der Waals surface area (Å²) in [4.78, 5) is 5.87. The van der Waals surface area contributed by atoms with Crippen molar-refractivity contribution < 1.29 is 30.4 Å². The molecule has 2 heterocycles. The molecular weight excluding hydrogens is 515 g/mol. The number of hydrogen-bond acceptors (Lipinski definition) is 5. The van der Waals surface area contributed by atoms with E-state index in [4.69, 9.17) is 5.73 Å². The minimum Gasteiger partial charge on any atom is -0.396 e. The molecule has 0 amide bonds. The Labute approximate surface area is 211 Å². The van der Waals surface area contributed by atoms with Crippen LogP contribution in [0.25, 0.3) is 0 Å². The highest BCUT2D eigenvalue weighted by molar-refractivity contribution is 7.89. The van der Waals surface area contributed by atoms with Crippen molar-refractivity contribution in [1.82, 2.24) is 9.29 Å². The maximum Gasteiger partial charge on any atom is 0.511 e. The summed E-state index contributed by atoms with van der Waals surface area (Å²) in [5, 5.41) is 0. The fourth-order valence-electron chi connectivity index (χ4n) is 4.47. The molecule has 6 nitrogen and oxygen atoms in total. The third-order valence-electron chi connectivity index (χ3n) is 6.47. The van der Waals surface area contributed by atoms with Gasteiger partial charge in [0.25, 0.3) is 0 Å². The summed E-state index contributed by atoms with van der Waals surface area (Å²) in [7, 11) is -5.64. The Morgan fingerprint density at radius 2 is 1.81 bits per heavy atom. The molecule has 2 aromatic carbocycles. The number of nitrogen functional groups attached to an aromatic ring is 1. The van der Waals surface area contributed by atoms with Gasteiger partial charge in [0.1, 0.15) is 5.82 Å². The van der Waals surface area contributed by atoms with Crippen LogP contribution in [-0.4, -0.2) is 35.8 Å². The molecule has 0 bridgehead atoms. The van der Waals surface area contributed by atoms with Crippen LogP contribution in [0.2, 0.25) is 0 Å². The smallest absolute Gasteiger partial charge is 0.396 e. The zero-order chi connectivity index (χ0) is 27.0. The molecule has 1 aliphatic heterocycles. The molecule has 0 radical (unpaired) electrons. The quantitative estimate of drug-likeness (QED) is 0.449. The van der Waals surface area contributed by atoms with E-state index in [1.54, 1.807) is 42.2 Å². The molecule has 0 fully saturated rings. The second-order valence-corrected chi connectivity index (χ2v) is 10.9. The van der Waals surface area contributed by atoms with Gasteiger partial charge in [-0.1, -0.05) is 24.3 Å². The van der Waals surface area contributed by atoms with Gasteiger partial charge in [0, 0.05) is 24.8 Å². The monoisotopic (exact) mass is 540 g/mol. The zero-order valence-corrected chi connectivity index (χ0v) is 20.7. The maximum absolute atomic E-state index is 13.7. The van der Waals surface area contributed by atoms with Gasteiger partial charge in [-0.05, 0) is 60.7 Å². The lowest BCUT2D eigenvalue weighted by Crippen LogP contribution is -2.47. The molecule has 2 N–H and O–H groups in total. The van der Waals surface area contributed by atoms with Crippen molar-refractivity contribution in [1.29, 1.82) is 0 Å². The molecule has 1 aliphatic rings. The van der Waals surface area contributed by atoms with Gasteiger partial charge < -0.3 is 10.6 Å². The van der Waals surface area contributed by atoms with E-state index in [2.05, 4.69) is 4.98 Å². The fraction of sp³-hybridized carbons (Fsp3) is 0.320. The lowest BCUT2D eigenvalue weighted by Gasteiger charge is -2.34. The first kappa shape index (κ1) is 26.8. The van der Waals surface area contributed by atoms with Gasteiger partial charge in [0.2, 0.25) is 0 Å². The number of sulfonamides is 1. The molecule has 37 heavy (non-hydrogen) atoms. The summed E-state index contributed by atoms with van der Waals surface area (Å²) >= 11 is 0. The summed E-state index contributed by atoms with van der Waals surface area (Å²) in [6.07, 6.45) is 1.56. The average molecular weight is 541 g/mol. The Balaban J connectivity index is 1.79. The van der Waals surface area contributed by atoms with Gasteiger partial charge in [-0.2, -0.15) is 17.5 Å². The molecule has 12 heteroatoms. The highest BCUT2D eigenvalue weighted by Gasteiger charge is 2.51. The minimum absolute atomic E-state index is 0.0505. The Hall–Kier alpha value is -3.25. The first-order chi connectivity index (χ1) is 17.4. The van der Waals surface area contributed by atoms with Gasteiger partial charge in [-0.15, -0.1) is 0 Å². The normalized spacial score (nSPS) is 16.9. The van der Waals surface area contributed by atoms with Gasteiger partial charge in [0.15, 0.2) is 5.82 Å². The molecule has 0 spiro atoms. The van der Waals surface area contributed by atoms with E-state index in [0.29, 0.717) is 33.2 Å². The van der Waals surface area contributed by atoms with E-state index in [9.17, 15) is 30.4 Å². The molecule has 1 atom stereocenters. The van der Waals surface area contributed by atoms with E-state index in [1.165, 1.54) is 18.2 Å². The van der Waals surface area contributed by atoms with Crippen LogP contribution in [0.1, 0.15) is 28.8 Å². The zero-order valence-electron chi connectivity index (χ0n) is 19.8. The highest BCUT2D eigenvalue weighted by atomic mass is 32.2. The highest BCUT2D eigenvalue weighted by Crippen LogP contribution is 2.37. The first-order valence-electron chi connectivity index (χ1n) is 11.4. The van der Waals surface area contributed by atoms with Gasteiger partial charge >= 0.3 is 15.5 Å². The molecule has 0 unspecified atom stereocenters. The van der Waals surface area contributed by atoms with Crippen LogP contribution in [0.3, 0.4) is 0 Å². The number of rotatable bonds is 6. The molecule has 4 rings (SSSR count). The maximum atomic E-state index is 13.7. The largest absolute Gasteiger partial charge is 0.511 e. The van der Waals surface area contributed by atoms with Crippen molar-refractivity contribution in [3.63, 3.8) is 0 Å². The van der Waals surface area contributed by atoms with Crippen LogP contribution in [-0.2, 0) is 29.5 Å². The van der Waals surface area contributed by atoms with Crippen molar-refractivity contribution in [3.8, 4) is 0 Å². The predicted octanol–water partition coefficient (Wildman–Crippen LogP) is 4.92. The lowest BCUT2D eigenvalue weighted by atomic mass is 10.0. The number of alkyl halides is 3. The molecule has 1 aromatic heterocycles. The average Bonchev–Trinajstić information content (AvgIpc) is 2.99. The third kappa shape index (κ3) is 5.69. The third-order valence-corrected chi connectivity index (χ3v) is 8.01. The second-order valence-electron chi connectivity index (χ2n) is 8.96. The van der Waals surface area contributed by atoms with E-state index < -0.39 is 46.3 Å². The van der Waals surface area contributed by atoms with Gasteiger partial charge in [-0.25, -0.2) is 17.2 Å². The number of benzene rings is 2. The molecule has 0 saturated carbocycles. The Bertz CT molecular complexity index is 1380. The van der Waals surface area contributed by atoms with Crippen molar-refractivity contribution in [2.45, 2.75) is 44.4 Å². The number of pyridine rings is 1.